The number of hydrogen-bond acceptors (Lipinski definition) is 2. The van der Waals surface area contributed by atoms with Gasteiger partial charge in [-0.2, -0.15) is 5.26 Å². The van der Waals surface area contributed by atoms with E-state index in [1.54, 1.807) is 6.07 Å². The Morgan fingerprint density at radius 2 is 2.15 bits per heavy atom. The second kappa shape index (κ2) is 3.85. The summed E-state index contributed by atoms with van der Waals surface area (Å²) < 4.78 is 30.1. The summed E-state index contributed by atoms with van der Waals surface area (Å²) in [5, 5.41) is 8.37. The summed E-state index contributed by atoms with van der Waals surface area (Å²) in [6.45, 7) is 1.47. The van der Waals surface area contributed by atoms with Gasteiger partial charge in [-0.3, -0.25) is 0 Å². The second-order valence-electron chi connectivity index (χ2n) is 2.46. The van der Waals surface area contributed by atoms with Crippen molar-refractivity contribution < 1.29 is 13.5 Å². The van der Waals surface area contributed by atoms with Gasteiger partial charge in [0, 0.05) is 6.07 Å². The van der Waals surface area contributed by atoms with Crippen molar-refractivity contribution in [3.63, 3.8) is 0 Å². The van der Waals surface area contributed by atoms with Gasteiger partial charge in [-0.25, -0.2) is 8.78 Å². The van der Waals surface area contributed by atoms with Crippen LogP contribution in [0.3, 0.4) is 0 Å². The molecular weight excluding hydrogens is 176 g/mol. The number of ether oxygens (including phenoxy) is 1. The minimum Gasteiger partial charge on any atom is -0.473 e. The van der Waals surface area contributed by atoms with E-state index in [9.17, 15) is 8.78 Å². The predicted octanol–water partition coefficient (Wildman–Crippen LogP) is 2.26. The molecule has 1 aromatic carbocycles. The first-order chi connectivity index (χ1) is 6.13. The maximum Gasteiger partial charge on any atom is 0.181 e. The van der Waals surface area contributed by atoms with Gasteiger partial charge in [0.2, 0.25) is 0 Å². The minimum atomic E-state index is -0.804. The Hall–Kier alpha value is -1.63. The quantitative estimate of drug-likeness (QED) is 0.704. The molecule has 4 heteroatoms. The lowest BCUT2D eigenvalue weighted by Crippen LogP contribution is -2.09. The van der Waals surface area contributed by atoms with Crippen LogP contribution in [0.2, 0.25) is 0 Å². The van der Waals surface area contributed by atoms with Crippen molar-refractivity contribution in [2.24, 2.45) is 0 Å². The molecular formula is C9H7F2NO. The molecule has 0 saturated heterocycles. The van der Waals surface area contributed by atoms with Crippen molar-refractivity contribution >= 4 is 0 Å². The standard InChI is InChI=1S/C9H7F2NO/c1-6(5-12)13-9-3-2-7(10)4-8(9)11/h2-4,6H,1H3. The molecule has 68 valence electrons. The first kappa shape index (κ1) is 9.46. The zero-order chi connectivity index (χ0) is 9.84. The third kappa shape index (κ3) is 2.41. The fourth-order valence-electron chi connectivity index (χ4n) is 0.788. The zero-order valence-electron chi connectivity index (χ0n) is 6.92. The topological polar surface area (TPSA) is 33.0 Å². The third-order valence-corrected chi connectivity index (χ3v) is 1.38. The predicted molar refractivity (Wildman–Crippen MR) is 42.1 cm³/mol. The number of hydrogen-bond donors (Lipinski definition) is 0. The van der Waals surface area contributed by atoms with Crippen LogP contribution < -0.4 is 4.74 Å². The molecule has 0 radical (unpaired) electrons. The van der Waals surface area contributed by atoms with E-state index in [4.69, 9.17) is 10.00 Å². The second-order valence-corrected chi connectivity index (χ2v) is 2.46. The Morgan fingerprint density at radius 3 is 2.69 bits per heavy atom. The van der Waals surface area contributed by atoms with Crippen LogP contribution in [0.5, 0.6) is 5.75 Å². The van der Waals surface area contributed by atoms with E-state index in [1.165, 1.54) is 6.92 Å². The van der Waals surface area contributed by atoms with Gasteiger partial charge in [-0.15, -0.1) is 0 Å². The van der Waals surface area contributed by atoms with Gasteiger partial charge in [0.15, 0.2) is 17.7 Å². The molecule has 0 aromatic heterocycles. The van der Waals surface area contributed by atoms with Gasteiger partial charge >= 0.3 is 0 Å². The van der Waals surface area contributed by atoms with Gasteiger partial charge in [0.25, 0.3) is 0 Å². The average Bonchev–Trinajstić information content (AvgIpc) is 2.09. The first-order valence-electron chi connectivity index (χ1n) is 3.65. The van der Waals surface area contributed by atoms with Crippen LogP contribution in [-0.2, 0) is 0 Å². The Balaban J connectivity index is 2.85. The van der Waals surface area contributed by atoms with Crippen molar-refractivity contribution in [1.29, 1.82) is 5.26 Å². The Labute approximate surface area is 74.4 Å². The third-order valence-electron chi connectivity index (χ3n) is 1.38. The fraction of sp³-hybridized carbons (Fsp3) is 0.222. The fourth-order valence-corrected chi connectivity index (χ4v) is 0.788. The molecule has 0 bridgehead atoms. The molecule has 0 heterocycles. The van der Waals surface area contributed by atoms with Gasteiger partial charge in [0.05, 0.1) is 0 Å². The summed E-state index contributed by atoms with van der Waals surface area (Å²) in [4.78, 5) is 0. The molecule has 0 saturated carbocycles. The normalized spacial score (nSPS) is 11.8. The summed E-state index contributed by atoms with van der Waals surface area (Å²) in [6, 6.07) is 4.70. The lowest BCUT2D eigenvalue weighted by molar-refractivity contribution is 0.262. The van der Waals surface area contributed by atoms with E-state index in [0.717, 1.165) is 12.1 Å². The summed E-state index contributed by atoms with van der Waals surface area (Å²) >= 11 is 0. The minimum absolute atomic E-state index is 0.115. The van der Waals surface area contributed by atoms with Crippen LogP contribution in [0, 0.1) is 23.0 Å². The van der Waals surface area contributed by atoms with Crippen LogP contribution in [0.1, 0.15) is 6.92 Å². The maximum absolute atomic E-state index is 12.9. The summed E-state index contributed by atoms with van der Waals surface area (Å²) in [5.74, 6) is -1.59. The molecule has 2 nitrogen and oxygen atoms in total. The molecule has 13 heavy (non-hydrogen) atoms. The van der Waals surface area contributed by atoms with E-state index in [-0.39, 0.29) is 5.75 Å². The van der Waals surface area contributed by atoms with Gasteiger partial charge in [-0.05, 0) is 19.1 Å². The van der Waals surface area contributed by atoms with Gasteiger partial charge < -0.3 is 4.74 Å². The summed E-state index contributed by atoms with van der Waals surface area (Å²) in [6.07, 6.45) is -0.750. The van der Waals surface area contributed by atoms with Crippen LogP contribution in [0.4, 0.5) is 8.78 Å². The highest BCUT2D eigenvalue weighted by molar-refractivity contribution is 5.25. The lowest BCUT2D eigenvalue weighted by atomic mass is 10.3. The molecule has 0 aliphatic rings. The van der Waals surface area contributed by atoms with Gasteiger partial charge in [0.1, 0.15) is 11.9 Å². The van der Waals surface area contributed by atoms with E-state index in [2.05, 4.69) is 0 Å². The van der Waals surface area contributed by atoms with Crippen LogP contribution in [-0.4, -0.2) is 6.10 Å². The first-order valence-corrected chi connectivity index (χ1v) is 3.65. The largest absolute Gasteiger partial charge is 0.473 e. The Bertz CT molecular complexity index is 346. The molecule has 1 aromatic rings. The molecule has 1 unspecified atom stereocenters. The summed E-state index contributed by atoms with van der Waals surface area (Å²) in [5.41, 5.74) is 0. The average molecular weight is 183 g/mol. The molecule has 1 atom stereocenters. The molecule has 0 aliphatic heterocycles. The van der Waals surface area contributed by atoms with Crippen molar-refractivity contribution in [2.45, 2.75) is 13.0 Å². The number of benzene rings is 1. The SMILES string of the molecule is CC(C#N)Oc1ccc(F)cc1F. The number of nitriles is 1. The van der Waals surface area contributed by atoms with Crippen molar-refractivity contribution in [3.05, 3.63) is 29.8 Å². The number of halogens is 2. The number of nitrogens with zero attached hydrogens (tertiary/aromatic N) is 1. The Morgan fingerprint density at radius 1 is 1.46 bits per heavy atom. The highest BCUT2D eigenvalue weighted by Crippen LogP contribution is 2.18. The molecule has 0 spiro atoms. The maximum atomic E-state index is 12.9. The lowest BCUT2D eigenvalue weighted by Gasteiger charge is -2.07. The van der Waals surface area contributed by atoms with E-state index >= 15 is 0 Å². The van der Waals surface area contributed by atoms with Crippen LogP contribution >= 0.6 is 0 Å². The van der Waals surface area contributed by atoms with Gasteiger partial charge in [-0.1, -0.05) is 0 Å². The van der Waals surface area contributed by atoms with E-state index < -0.39 is 17.7 Å². The Kier molecular flexibility index (Phi) is 2.80. The summed E-state index contributed by atoms with van der Waals surface area (Å²) in [7, 11) is 0. The van der Waals surface area contributed by atoms with Crippen LogP contribution in [0.25, 0.3) is 0 Å². The van der Waals surface area contributed by atoms with Crippen molar-refractivity contribution in [1.82, 2.24) is 0 Å². The zero-order valence-corrected chi connectivity index (χ0v) is 6.92. The number of rotatable bonds is 2. The molecule has 0 aliphatic carbocycles. The highest BCUT2D eigenvalue weighted by atomic mass is 19.1. The monoisotopic (exact) mass is 183 g/mol. The highest BCUT2D eigenvalue weighted by Gasteiger charge is 2.07. The van der Waals surface area contributed by atoms with Crippen molar-refractivity contribution in [2.75, 3.05) is 0 Å². The molecule has 0 N–H and O–H groups in total. The van der Waals surface area contributed by atoms with E-state index in [0.29, 0.717) is 6.07 Å². The van der Waals surface area contributed by atoms with Crippen LogP contribution in [0.15, 0.2) is 18.2 Å². The molecule has 0 amide bonds. The molecule has 0 fully saturated rings. The van der Waals surface area contributed by atoms with E-state index in [1.807, 2.05) is 0 Å². The smallest absolute Gasteiger partial charge is 0.181 e. The van der Waals surface area contributed by atoms with Crippen molar-refractivity contribution in [3.8, 4) is 11.8 Å². The molecule has 1 rings (SSSR count).